The standard InChI is InChI=1S/C17H15N3OS/c1-2-5-12(6-3-1)15-11-22-17(18-15)20-19-14-7-4-8-16-13(14)9-10-21-16/h1-3,5-6,9-11H,4,7-8H2,(H,18,20)/b19-14-. The van der Waals surface area contributed by atoms with Gasteiger partial charge in [0.2, 0.25) is 5.13 Å². The van der Waals surface area contributed by atoms with Crippen molar-refractivity contribution in [3.8, 4) is 11.3 Å². The first kappa shape index (κ1) is 13.3. The van der Waals surface area contributed by atoms with Gasteiger partial charge in [0, 0.05) is 22.9 Å². The van der Waals surface area contributed by atoms with E-state index in [1.54, 1.807) is 17.6 Å². The normalized spacial score (nSPS) is 15.7. The Hall–Kier alpha value is -2.40. The molecule has 0 spiro atoms. The van der Waals surface area contributed by atoms with Crippen LogP contribution in [0.2, 0.25) is 0 Å². The quantitative estimate of drug-likeness (QED) is 0.722. The zero-order chi connectivity index (χ0) is 14.8. The summed E-state index contributed by atoms with van der Waals surface area (Å²) in [4.78, 5) is 4.59. The van der Waals surface area contributed by atoms with Crippen molar-refractivity contribution in [3.63, 3.8) is 0 Å². The van der Waals surface area contributed by atoms with Crippen molar-refractivity contribution in [2.75, 3.05) is 5.43 Å². The number of anilines is 1. The van der Waals surface area contributed by atoms with Gasteiger partial charge in [-0.05, 0) is 18.9 Å². The third-order valence-corrected chi connectivity index (χ3v) is 4.48. The summed E-state index contributed by atoms with van der Waals surface area (Å²) in [7, 11) is 0. The predicted octanol–water partition coefficient (Wildman–Crippen LogP) is 4.56. The van der Waals surface area contributed by atoms with E-state index in [-0.39, 0.29) is 0 Å². The highest BCUT2D eigenvalue weighted by Crippen LogP contribution is 2.26. The van der Waals surface area contributed by atoms with E-state index in [0.717, 1.165) is 52.7 Å². The van der Waals surface area contributed by atoms with Crippen molar-refractivity contribution in [2.45, 2.75) is 19.3 Å². The Labute approximate surface area is 132 Å². The Morgan fingerprint density at radius 2 is 2.05 bits per heavy atom. The zero-order valence-electron chi connectivity index (χ0n) is 12.0. The number of benzene rings is 1. The molecule has 1 N–H and O–H groups in total. The fourth-order valence-corrected chi connectivity index (χ4v) is 3.30. The number of hydrogen-bond donors (Lipinski definition) is 1. The molecule has 4 rings (SSSR count). The zero-order valence-corrected chi connectivity index (χ0v) is 12.8. The summed E-state index contributed by atoms with van der Waals surface area (Å²) in [5, 5.41) is 7.38. The molecule has 0 saturated heterocycles. The minimum Gasteiger partial charge on any atom is -0.469 e. The molecule has 5 heteroatoms. The maximum absolute atomic E-state index is 5.48. The molecule has 110 valence electrons. The van der Waals surface area contributed by atoms with Gasteiger partial charge in [-0.2, -0.15) is 5.10 Å². The van der Waals surface area contributed by atoms with E-state index in [0.29, 0.717) is 0 Å². The minimum atomic E-state index is 0.807. The van der Waals surface area contributed by atoms with Crippen LogP contribution in [0, 0.1) is 0 Å². The smallest absolute Gasteiger partial charge is 0.203 e. The molecular formula is C17H15N3OS. The number of hydrazone groups is 1. The lowest BCUT2D eigenvalue weighted by molar-refractivity contribution is 0.498. The van der Waals surface area contributed by atoms with Crippen LogP contribution in [-0.4, -0.2) is 10.7 Å². The fraction of sp³-hybridized carbons (Fsp3) is 0.176. The van der Waals surface area contributed by atoms with Gasteiger partial charge in [0.15, 0.2) is 0 Å². The molecule has 1 aliphatic rings. The SMILES string of the molecule is c1ccc(-c2csc(N/N=C3/CCCc4occc43)n2)cc1. The first-order valence-electron chi connectivity index (χ1n) is 7.30. The van der Waals surface area contributed by atoms with Crippen LogP contribution in [-0.2, 0) is 6.42 Å². The maximum Gasteiger partial charge on any atom is 0.203 e. The van der Waals surface area contributed by atoms with Crippen LogP contribution in [0.3, 0.4) is 0 Å². The van der Waals surface area contributed by atoms with Gasteiger partial charge in [0.1, 0.15) is 5.76 Å². The molecule has 1 aliphatic carbocycles. The first-order chi connectivity index (χ1) is 10.9. The van der Waals surface area contributed by atoms with Gasteiger partial charge < -0.3 is 4.42 Å². The van der Waals surface area contributed by atoms with Crippen LogP contribution < -0.4 is 5.43 Å². The van der Waals surface area contributed by atoms with E-state index in [4.69, 9.17) is 4.42 Å². The Bertz CT molecular complexity index is 804. The Morgan fingerprint density at radius 1 is 1.14 bits per heavy atom. The summed E-state index contributed by atoms with van der Waals surface area (Å²) in [6, 6.07) is 12.2. The third-order valence-electron chi connectivity index (χ3n) is 3.73. The molecule has 0 radical (unpaired) electrons. The number of rotatable bonds is 3. The Balaban J connectivity index is 1.54. The van der Waals surface area contributed by atoms with E-state index >= 15 is 0 Å². The fourth-order valence-electron chi connectivity index (χ4n) is 2.64. The molecular weight excluding hydrogens is 294 g/mol. The van der Waals surface area contributed by atoms with Gasteiger partial charge in [-0.15, -0.1) is 11.3 Å². The average Bonchev–Trinajstić information content (AvgIpc) is 3.23. The molecule has 0 unspecified atom stereocenters. The maximum atomic E-state index is 5.48. The number of furan rings is 1. The topological polar surface area (TPSA) is 50.4 Å². The summed E-state index contributed by atoms with van der Waals surface area (Å²) in [5.41, 5.74) is 7.35. The van der Waals surface area contributed by atoms with E-state index in [1.807, 2.05) is 29.6 Å². The van der Waals surface area contributed by atoms with Crippen molar-refractivity contribution in [1.29, 1.82) is 0 Å². The van der Waals surface area contributed by atoms with Crippen LogP contribution in [0.4, 0.5) is 5.13 Å². The molecule has 0 saturated carbocycles. The molecule has 4 nitrogen and oxygen atoms in total. The highest BCUT2D eigenvalue weighted by Gasteiger charge is 2.18. The molecule has 2 heterocycles. The minimum absolute atomic E-state index is 0.807. The van der Waals surface area contributed by atoms with Crippen LogP contribution in [0.1, 0.15) is 24.2 Å². The number of hydrogen-bond acceptors (Lipinski definition) is 5. The summed E-state index contributed by atoms with van der Waals surface area (Å²) in [6.45, 7) is 0. The van der Waals surface area contributed by atoms with Crippen molar-refractivity contribution >= 4 is 22.2 Å². The number of aromatic nitrogens is 1. The second-order valence-electron chi connectivity index (χ2n) is 5.19. The van der Waals surface area contributed by atoms with Gasteiger partial charge in [0.05, 0.1) is 17.7 Å². The van der Waals surface area contributed by atoms with Crippen LogP contribution >= 0.6 is 11.3 Å². The van der Waals surface area contributed by atoms with Crippen molar-refractivity contribution in [3.05, 3.63) is 59.4 Å². The van der Waals surface area contributed by atoms with Crippen LogP contribution in [0.15, 0.2) is 57.6 Å². The number of thiazole rings is 1. The van der Waals surface area contributed by atoms with Gasteiger partial charge in [-0.3, -0.25) is 5.43 Å². The molecule has 0 fully saturated rings. The van der Waals surface area contributed by atoms with Crippen LogP contribution in [0.5, 0.6) is 0 Å². The van der Waals surface area contributed by atoms with Gasteiger partial charge >= 0.3 is 0 Å². The van der Waals surface area contributed by atoms with E-state index in [2.05, 4.69) is 27.6 Å². The number of nitrogens with zero attached hydrogens (tertiary/aromatic N) is 2. The molecule has 22 heavy (non-hydrogen) atoms. The van der Waals surface area contributed by atoms with Gasteiger partial charge in [0.25, 0.3) is 0 Å². The van der Waals surface area contributed by atoms with Gasteiger partial charge in [-0.25, -0.2) is 4.98 Å². The molecule has 0 aliphatic heterocycles. The lowest BCUT2D eigenvalue weighted by Gasteiger charge is -2.12. The average molecular weight is 309 g/mol. The largest absolute Gasteiger partial charge is 0.469 e. The molecule has 0 amide bonds. The van der Waals surface area contributed by atoms with E-state index in [1.165, 1.54) is 0 Å². The Kier molecular flexibility index (Phi) is 3.48. The molecule has 0 atom stereocenters. The van der Waals surface area contributed by atoms with Crippen molar-refractivity contribution in [2.24, 2.45) is 5.10 Å². The number of fused-ring (bicyclic) bond motifs is 1. The molecule has 3 aromatic rings. The summed E-state index contributed by atoms with van der Waals surface area (Å²) in [6.07, 6.45) is 4.78. The monoisotopic (exact) mass is 309 g/mol. The number of aryl methyl sites for hydroxylation is 1. The summed E-state index contributed by atoms with van der Waals surface area (Å²) >= 11 is 1.56. The third kappa shape index (κ3) is 2.55. The van der Waals surface area contributed by atoms with Crippen molar-refractivity contribution in [1.82, 2.24) is 4.98 Å². The Morgan fingerprint density at radius 3 is 2.95 bits per heavy atom. The van der Waals surface area contributed by atoms with E-state index < -0.39 is 0 Å². The van der Waals surface area contributed by atoms with Crippen LogP contribution in [0.25, 0.3) is 11.3 Å². The second-order valence-corrected chi connectivity index (χ2v) is 6.04. The lowest BCUT2D eigenvalue weighted by atomic mass is 9.97. The summed E-state index contributed by atoms with van der Waals surface area (Å²) in [5.74, 6) is 1.04. The molecule has 2 aromatic heterocycles. The lowest BCUT2D eigenvalue weighted by Crippen LogP contribution is -2.11. The van der Waals surface area contributed by atoms with E-state index in [9.17, 15) is 0 Å². The van der Waals surface area contributed by atoms with Gasteiger partial charge in [-0.1, -0.05) is 30.3 Å². The first-order valence-corrected chi connectivity index (χ1v) is 8.18. The second kappa shape index (κ2) is 5.77. The van der Waals surface area contributed by atoms with Crippen molar-refractivity contribution < 1.29 is 4.42 Å². The summed E-state index contributed by atoms with van der Waals surface area (Å²) < 4.78 is 5.48. The molecule has 0 bridgehead atoms. The highest BCUT2D eigenvalue weighted by atomic mass is 32.1. The predicted molar refractivity (Wildman–Crippen MR) is 89.4 cm³/mol. The highest BCUT2D eigenvalue weighted by molar-refractivity contribution is 7.14. The molecule has 1 aromatic carbocycles. The number of nitrogens with one attached hydrogen (secondary N) is 1.